The van der Waals surface area contributed by atoms with Crippen molar-refractivity contribution in [1.82, 2.24) is 5.32 Å². The molecule has 3 aromatic rings. The summed E-state index contributed by atoms with van der Waals surface area (Å²) in [7, 11) is -2.16. The van der Waals surface area contributed by atoms with E-state index in [1.807, 2.05) is 61.5 Å². The van der Waals surface area contributed by atoms with E-state index in [4.69, 9.17) is 4.74 Å². The lowest BCUT2D eigenvalue weighted by Gasteiger charge is -2.28. The van der Waals surface area contributed by atoms with E-state index in [2.05, 4.69) is 5.32 Å². The SMILES string of the molecule is COc1cccc(C(N[C@@H](C)c2ccccc2)P(=O)(O)c2ccccc2)c1. The van der Waals surface area contributed by atoms with Crippen molar-refractivity contribution in [3.8, 4) is 5.75 Å². The number of hydrogen-bond acceptors (Lipinski definition) is 3. The van der Waals surface area contributed by atoms with Gasteiger partial charge in [-0.1, -0.05) is 60.7 Å². The summed E-state index contributed by atoms with van der Waals surface area (Å²) in [5.74, 6) is -0.107. The van der Waals surface area contributed by atoms with Crippen LogP contribution < -0.4 is 15.4 Å². The maximum Gasteiger partial charge on any atom is 0.250 e. The Bertz CT molecular complexity index is 915. The molecule has 3 aromatic carbocycles. The summed E-state index contributed by atoms with van der Waals surface area (Å²) in [6, 6.07) is 25.9. The third kappa shape index (κ3) is 4.48. The fraction of sp³-hybridized carbons (Fsp3) is 0.182. The van der Waals surface area contributed by atoms with Gasteiger partial charge in [0.25, 0.3) is 0 Å². The summed E-state index contributed by atoms with van der Waals surface area (Å²) in [6.45, 7) is 1.99. The van der Waals surface area contributed by atoms with Gasteiger partial charge in [-0.05, 0) is 42.3 Å². The molecule has 0 aliphatic rings. The van der Waals surface area contributed by atoms with Crippen molar-refractivity contribution in [2.24, 2.45) is 0 Å². The molecule has 0 amide bonds. The fourth-order valence-electron chi connectivity index (χ4n) is 3.08. The lowest BCUT2D eigenvalue weighted by Crippen LogP contribution is -2.28. The normalized spacial score (nSPS) is 15.5. The predicted octanol–water partition coefficient (Wildman–Crippen LogP) is 4.64. The number of benzene rings is 3. The quantitative estimate of drug-likeness (QED) is 0.586. The van der Waals surface area contributed by atoms with Crippen molar-refractivity contribution in [3.63, 3.8) is 0 Å². The first-order valence-corrected chi connectivity index (χ1v) is 10.6. The Labute approximate surface area is 160 Å². The average molecular weight is 381 g/mol. The van der Waals surface area contributed by atoms with Gasteiger partial charge < -0.3 is 9.63 Å². The molecule has 0 saturated heterocycles. The second-order valence-electron chi connectivity index (χ2n) is 6.44. The first-order chi connectivity index (χ1) is 13.0. The Morgan fingerprint density at radius 2 is 1.48 bits per heavy atom. The Morgan fingerprint density at radius 3 is 2.11 bits per heavy atom. The molecule has 5 heteroatoms. The van der Waals surface area contributed by atoms with Crippen LogP contribution in [0, 0.1) is 0 Å². The van der Waals surface area contributed by atoms with Crippen molar-refractivity contribution in [2.75, 3.05) is 7.11 Å². The van der Waals surface area contributed by atoms with Gasteiger partial charge in [0.2, 0.25) is 7.37 Å². The van der Waals surface area contributed by atoms with Gasteiger partial charge in [0, 0.05) is 11.3 Å². The Kier molecular flexibility index (Phi) is 6.12. The van der Waals surface area contributed by atoms with Gasteiger partial charge in [-0.2, -0.15) is 0 Å². The summed E-state index contributed by atoms with van der Waals surface area (Å²) in [6.07, 6.45) is 0. The number of hydrogen-bond donors (Lipinski definition) is 2. The van der Waals surface area contributed by atoms with Crippen LogP contribution in [-0.2, 0) is 4.57 Å². The van der Waals surface area contributed by atoms with E-state index in [0.29, 0.717) is 16.6 Å². The fourth-order valence-corrected chi connectivity index (χ4v) is 4.96. The molecule has 0 spiro atoms. The van der Waals surface area contributed by atoms with Crippen LogP contribution >= 0.6 is 7.37 Å². The van der Waals surface area contributed by atoms with Crippen LogP contribution in [-0.4, -0.2) is 12.0 Å². The van der Waals surface area contributed by atoms with Crippen molar-refractivity contribution in [2.45, 2.75) is 18.7 Å². The molecule has 0 saturated carbocycles. The molecule has 0 aliphatic carbocycles. The van der Waals surface area contributed by atoms with Crippen LogP contribution in [0.4, 0.5) is 0 Å². The lowest BCUT2D eigenvalue weighted by molar-refractivity contribution is 0.412. The van der Waals surface area contributed by atoms with Gasteiger partial charge in [0.05, 0.1) is 7.11 Å². The largest absolute Gasteiger partial charge is 0.497 e. The van der Waals surface area contributed by atoms with E-state index in [9.17, 15) is 9.46 Å². The van der Waals surface area contributed by atoms with Gasteiger partial charge >= 0.3 is 0 Å². The molecular weight excluding hydrogens is 357 g/mol. The Hall–Kier alpha value is -2.39. The third-order valence-corrected chi connectivity index (χ3v) is 6.78. The van der Waals surface area contributed by atoms with Crippen molar-refractivity contribution >= 4 is 12.7 Å². The summed E-state index contributed by atoms with van der Waals surface area (Å²) in [5.41, 5.74) is 1.77. The van der Waals surface area contributed by atoms with E-state index in [-0.39, 0.29) is 6.04 Å². The van der Waals surface area contributed by atoms with E-state index in [1.165, 1.54) is 0 Å². The number of nitrogens with one attached hydrogen (secondary N) is 1. The van der Waals surface area contributed by atoms with Gasteiger partial charge in [-0.15, -0.1) is 0 Å². The Morgan fingerprint density at radius 1 is 0.889 bits per heavy atom. The monoisotopic (exact) mass is 381 g/mol. The van der Waals surface area contributed by atoms with Gasteiger partial charge in [-0.25, -0.2) is 0 Å². The average Bonchev–Trinajstić information content (AvgIpc) is 2.73. The van der Waals surface area contributed by atoms with E-state index >= 15 is 0 Å². The molecule has 0 bridgehead atoms. The molecular formula is C22H24NO3P. The van der Waals surface area contributed by atoms with Crippen LogP contribution in [0.15, 0.2) is 84.9 Å². The minimum absolute atomic E-state index is 0.105. The highest BCUT2D eigenvalue weighted by molar-refractivity contribution is 7.66. The van der Waals surface area contributed by atoms with Gasteiger partial charge in [0.1, 0.15) is 11.5 Å². The first kappa shape index (κ1) is 19.4. The molecule has 4 nitrogen and oxygen atoms in total. The van der Waals surface area contributed by atoms with E-state index in [0.717, 1.165) is 5.56 Å². The van der Waals surface area contributed by atoms with Gasteiger partial charge in [0.15, 0.2) is 0 Å². The molecule has 0 aromatic heterocycles. The van der Waals surface area contributed by atoms with Crippen molar-refractivity contribution < 1.29 is 14.2 Å². The van der Waals surface area contributed by atoms with Crippen LogP contribution in [0.2, 0.25) is 0 Å². The predicted molar refractivity (Wildman–Crippen MR) is 110 cm³/mol. The number of methoxy groups -OCH3 is 1. The van der Waals surface area contributed by atoms with E-state index < -0.39 is 13.2 Å². The molecule has 0 radical (unpaired) electrons. The second kappa shape index (κ2) is 8.53. The highest BCUT2D eigenvalue weighted by Crippen LogP contribution is 2.54. The number of ether oxygens (including phenoxy) is 1. The molecule has 0 heterocycles. The molecule has 140 valence electrons. The van der Waals surface area contributed by atoms with Crippen LogP contribution in [0.25, 0.3) is 0 Å². The molecule has 2 unspecified atom stereocenters. The third-order valence-electron chi connectivity index (χ3n) is 4.59. The molecule has 3 atom stereocenters. The maximum absolute atomic E-state index is 13.5. The number of rotatable bonds is 7. The summed E-state index contributed by atoms with van der Waals surface area (Å²) < 4.78 is 18.8. The molecule has 27 heavy (non-hydrogen) atoms. The van der Waals surface area contributed by atoms with Crippen LogP contribution in [0.5, 0.6) is 5.75 Å². The van der Waals surface area contributed by atoms with E-state index in [1.54, 1.807) is 37.4 Å². The van der Waals surface area contributed by atoms with Crippen LogP contribution in [0.1, 0.15) is 29.9 Å². The molecule has 3 rings (SSSR count). The highest BCUT2D eigenvalue weighted by atomic mass is 31.2. The maximum atomic E-state index is 13.5. The molecule has 0 aliphatic heterocycles. The summed E-state index contributed by atoms with van der Waals surface area (Å²) in [4.78, 5) is 11.1. The van der Waals surface area contributed by atoms with Crippen molar-refractivity contribution in [3.05, 3.63) is 96.1 Å². The van der Waals surface area contributed by atoms with Crippen molar-refractivity contribution in [1.29, 1.82) is 0 Å². The summed E-state index contributed by atoms with van der Waals surface area (Å²) in [5, 5.41) is 3.79. The highest BCUT2D eigenvalue weighted by Gasteiger charge is 2.35. The minimum atomic E-state index is -3.75. The lowest BCUT2D eigenvalue weighted by atomic mass is 10.1. The molecule has 0 fully saturated rings. The zero-order valence-corrected chi connectivity index (χ0v) is 16.3. The standard InChI is InChI=1S/C22H24NO3P/c1-17(18-10-5-3-6-11-18)23-22(19-12-9-13-20(16-19)26-2)27(24,25)21-14-7-4-8-15-21/h3-17,22-23H,1-2H3,(H,24,25)/t17-,22?/m0/s1. The Balaban J connectivity index is 2.02. The van der Waals surface area contributed by atoms with Gasteiger partial charge in [-0.3, -0.25) is 9.88 Å². The minimum Gasteiger partial charge on any atom is -0.497 e. The van der Waals surface area contributed by atoms with Crippen LogP contribution in [0.3, 0.4) is 0 Å². The first-order valence-electron chi connectivity index (χ1n) is 8.85. The second-order valence-corrected chi connectivity index (χ2v) is 8.72. The zero-order valence-electron chi connectivity index (χ0n) is 15.4. The molecule has 2 N–H and O–H groups in total. The topological polar surface area (TPSA) is 58.6 Å². The zero-order chi connectivity index (χ0) is 19.3. The smallest absolute Gasteiger partial charge is 0.250 e. The summed E-state index contributed by atoms with van der Waals surface area (Å²) >= 11 is 0.